The zero-order valence-corrected chi connectivity index (χ0v) is 20.5. The van der Waals surface area contributed by atoms with E-state index in [1.807, 2.05) is 5.32 Å². The number of carbonyl (C=O) groups excluding carboxylic acids is 1. The van der Waals surface area contributed by atoms with Crippen molar-refractivity contribution >= 4 is 17.5 Å². The van der Waals surface area contributed by atoms with Gasteiger partial charge < -0.3 is 4.74 Å². The monoisotopic (exact) mass is 563 g/mol. The standard InChI is InChI=1S/C26H19F6N5O3/c1-2-21(36-40-24(38)34-22-6-4-3-5-20(22)25(27,28)29)16-7-9-17(10-8-16)23-33-15-37(35-23)18-11-13-19(14-12-18)39-26(30,31)32/h3-15H,2H2,1H3,(H,34,38)/b36-21+. The minimum Gasteiger partial charge on any atom is -0.406 e. The number of aromatic nitrogens is 3. The predicted octanol–water partition coefficient (Wildman–Crippen LogP) is 7.21. The van der Waals surface area contributed by atoms with E-state index < -0.39 is 29.9 Å². The first-order chi connectivity index (χ1) is 18.9. The Balaban J connectivity index is 1.42. The number of halogens is 6. The summed E-state index contributed by atoms with van der Waals surface area (Å²) in [6.07, 6.45) is -8.91. The van der Waals surface area contributed by atoms with Crippen LogP contribution in [-0.2, 0) is 11.0 Å². The highest BCUT2D eigenvalue weighted by Crippen LogP contribution is 2.34. The molecule has 0 atom stereocenters. The Bertz CT molecular complexity index is 1500. The fraction of sp³-hybridized carbons (Fsp3) is 0.154. The van der Waals surface area contributed by atoms with Crippen LogP contribution in [0.3, 0.4) is 0 Å². The number of hydrogen-bond acceptors (Lipinski definition) is 6. The van der Waals surface area contributed by atoms with E-state index in [9.17, 15) is 31.1 Å². The molecule has 0 radical (unpaired) electrons. The Hall–Kier alpha value is -4.88. The van der Waals surface area contributed by atoms with E-state index in [1.54, 1.807) is 31.2 Å². The van der Waals surface area contributed by atoms with Crippen LogP contribution in [0.15, 0.2) is 84.3 Å². The van der Waals surface area contributed by atoms with E-state index in [4.69, 9.17) is 4.84 Å². The zero-order valence-electron chi connectivity index (χ0n) is 20.5. The number of ether oxygens (including phenoxy) is 1. The van der Waals surface area contributed by atoms with Crippen molar-refractivity contribution < 1.29 is 40.7 Å². The van der Waals surface area contributed by atoms with Crippen LogP contribution in [-0.4, -0.2) is 32.9 Å². The predicted molar refractivity (Wildman–Crippen MR) is 132 cm³/mol. The lowest BCUT2D eigenvalue weighted by Gasteiger charge is -2.12. The summed E-state index contributed by atoms with van der Waals surface area (Å²) in [5.41, 5.74) is 0.511. The summed E-state index contributed by atoms with van der Waals surface area (Å²) in [6.45, 7) is 1.75. The first kappa shape index (κ1) is 28.1. The molecule has 0 aliphatic heterocycles. The normalized spacial score (nSPS) is 12.2. The summed E-state index contributed by atoms with van der Waals surface area (Å²) in [5.74, 6) is -0.0377. The summed E-state index contributed by atoms with van der Waals surface area (Å²) in [4.78, 5) is 21.1. The summed E-state index contributed by atoms with van der Waals surface area (Å²) in [7, 11) is 0. The van der Waals surface area contributed by atoms with Gasteiger partial charge in [-0.05, 0) is 48.4 Å². The number of nitrogens with one attached hydrogen (secondary N) is 1. The molecule has 0 fully saturated rings. The number of rotatable bonds is 7. The van der Waals surface area contributed by atoms with E-state index in [2.05, 4.69) is 20.0 Å². The third kappa shape index (κ3) is 7.15. The molecular formula is C26H19F6N5O3. The van der Waals surface area contributed by atoms with Crippen LogP contribution < -0.4 is 10.1 Å². The van der Waals surface area contributed by atoms with Gasteiger partial charge in [0.25, 0.3) is 0 Å². The van der Waals surface area contributed by atoms with Gasteiger partial charge in [0.05, 0.1) is 22.6 Å². The average molecular weight is 563 g/mol. The topological polar surface area (TPSA) is 90.6 Å². The highest BCUT2D eigenvalue weighted by Gasteiger charge is 2.34. The molecule has 0 unspecified atom stereocenters. The minimum atomic E-state index is -4.79. The molecule has 0 aliphatic rings. The number of amides is 1. The van der Waals surface area contributed by atoms with Crippen LogP contribution in [0, 0.1) is 0 Å². The molecule has 208 valence electrons. The van der Waals surface area contributed by atoms with Crippen molar-refractivity contribution in [3.05, 3.63) is 90.3 Å². The molecule has 0 aliphatic carbocycles. The van der Waals surface area contributed by atoms with Gasteiger partial charge in [-0.15, -0.1) is 18.3 Å². The van der Waals surface area contributed by atoms with Gasteiger partial charge in [0.1, 0.15) is 12.1 Å². The molecule has 1 heterocycles. The summed E-state index contributed by atoms with van der Waals surface area (Å²) in [6, 6.07) is 16.3. The van der Waals surface area contributed by atoms with Gasteiger partial charge in [-0.2, -0.15) is 13.2 Å². The Labute approximate surface area is 222 Å². The molecule has 0 spiro atoms. The first-order valence-corrected chi connectivity index (χ1v) is 11.5. The Morgan fingerprint density at radius 3 is 2.25 bits per heavy atom. The lowest BCUT2D eigenvalue weighted by molar-refractivity contribution is -0.274. The maximum absolute atomic E-state index is 13.1. The van der Waals surface area contributed by atoms with Gasteiger partial charge >= 0.3 is 18.6 Å². The van der Waals surface area contributed by atoms with Crippen molar-refractivity contribution in [3.63, 3.8) is 0 Å². The number of para-hydroxylation sites is 1. The van der Waals surface area contributed by atoms with Gasteiger partial charge in [0.2, 0.25) is 0 Å². The first-order valence-electron chi connectivity index (χ1n) is 11.5. The second-order valence-corrected chi connectivity index (χ2v) is 8.07. The van der Waals surface area contributed by atoms with Crippen molar-refractivity contribution in [2.24, 2.45) is 5.16 Å². The molecule has 4 aromatic rings. The lowest BCUT2D eigenvalue weighted by atomic mass is 10.1. The van der Waals surface area contributed by atoms with Crippen molar-refractivity contribution in [2.75, 3.05) is 5.32 Å². The third-order valence-electron chi connectivity index (χ3n) is 5.35. The molecule has 4 rings (SSSR count). The summed E-state index contributed by atoms with van der Waals surface area (Å²) >= 11 is 0. The SMILES string of the molecule is CC/C(=N\OC(=O)Nc1ccccc1C(F)(F)F)c1ccc(-c2ncn(-c3ccc(OC(F)(F)F)cc3)n2)cc1. The molecule has 8 nitrogen and oxygen atoms in total. The van der Waals surface area contributed by atoms with Crippen LogP contribution in [0.25, 0.3) is 17.1 Å². The smallest absolute Gasteiger partial charge is 0.406 e. The number of oxime groups is 1. The maximum atomic E-state index is 13.1. The number of alkyl halides is 6. The fourth-order valence-electron chi connectivity index (χ4n) is 3.52. The van der Waals surface area contributed by atoms with Crippen molar-refractivity contribution in [3.8, 4) is 22.8 Å². The quantitative estimate of drug-likeness (QED) is 0.111. The molecular weight excluding hydrogens is 544 g/mol. The zero-order chi connectivity index (χ0) is 28.9. The maximum Gasteiger partial charge on any atom is 0.573 e. The van der Waals surface area contributed by atoms with Gasteiger partial charge in [-0.1, -0.05) is 48.5 Å². The van der Waals surface area contributed by atoms with Gasteiger partial charge in [-0.3, -0.25) is 10.2 Å². The van der Waals surface area contributed by atoms with Crippen LogP contribution in [0.1, 0.15) is 24.5 Å². The minimum absolute atomic E-state index is 0.330. The molecule has 3 aromatic carbocycles. The molecule has 0 saturated carbocycles. The summed E-state index contributed by atoms with van der Waals surface area (Å²) < 4.78 is 81.7. The number of benzene rings is 3. The number of anilines is 1. The van der Waals surface area contributed by atoms with E-state index in [0.29, 0.717) is 34.8 Å². The molecule has 1 amide bonds. The van der Waals surface area contributed by atoms with E-state index in [-0.39, 0.29) is 5.75 Å². The second-order valence-electron chi connectivity index (χ2n) is 8.07. The molecule has 1 N–H and O–H groups in total. The highest BCUT2D eigenvalue weighted by atomic mass is 19.4. The number of nitrogens with zero attached hydrogens (tertiary/aromatic N) is 4. The molecule has 14 heteroatoms. The number of carbonyl (C=O) groups is 1. The second kappa shape index (κ2) is 11.5. The van der Waals surface area contributed by atoms with Crippen LogP contribution in [0.2, 0.25) is 0 Å². The van der Waals surface area contributed by atoms with Gasteiger partial charge in [0.15, 0.2) is 5.82 Å². The number of hydrogen-bond donors (Lipinski definition) is 1. The molecule has 0 bridgehead atoms. The average Bonchev–Trinajstić information content (AvgIpc) is 3.39. The van der Waals surface area contributed by atoms with Crippen molar-refractivity contribution in [1.29, 1.82) is 0 Å². The Kier molecular flexibility index (Phi) is 8.07. The van der Waals surface area contributed by atoms with E-state index >= 15 is 0 Å². The van der Waals surface area contributed by atoms with E-state index in [0.717, 1.165) is 24.3 Å². The summed E-state index contributed by atoms with van der Waals surface area (Å²) in [5, 5.41) is 10.2. The van der Waals surface area contributed by atoms with Gasteiger partial charge in [0, 0.05) is 5.56 Å². The van der Waals surface area contributed by atoms with Crippen LogP contribution >= 0.6 is 0 Å². The van der Waals surface area contributed by atoms with Crippen molar-refractivity contribution in [1.82, 2.24) is 14.8 Å². The Morgan fingerprint density at radius 1 is 0.950 bits per heavy atom. The van der Waals surface area contributed by atoms with Crippen molar-refractivity contribution in [2.45, 2.75) is 25.9 Å². The van der Waals surface area contributed by atoms with E-state index in [1.165, 1.54) is 35.3 Å². The molecule has 40 heavy (non-hydrogen) atoms. The Morgan fingerprint density at radius 2 is 1.62 bits per heavy atom. The molecule has 0 saturated heterocycles. The third-order valence-corrected chi connectivity index (χ3v) is 5.35. The fourth-order valence-corrected chi connectivity index (χ4v) is 3.52. The lowest BCUT2D eigenvalue weighted by Crippen LogP contribution is -2.17. The largest absolute Gasteiger partial charge is 0.573 e. The van der Waals surface area contributed by atoms with Crippen LogP contribution in [0.4, 0.5) is 36.8 Å². The van der Waals surface area contributed by atoms with Gasteiger partial charge in [-0.25, -0.2) is 14.5 Å². The molecule has 1 aromatic heterocycles. The highest BCUT2D eigenvalue weighted by molar-refractivity contribution is 6.00. The van der Waals surface area contributed by atoms with Crippen LogP contribution in [0.5, 0.6) is 5.75 Å².